The number of nitrogens with zero attached hydrogens (tertiary/aromatic N) is 6. The van der Waals surface area contributed by atoms with Crippen LogP contribution in [0, 0.1) is 0 Å². The van der Waals surface area contributed by atoms with E-state index in [1.165, 1.54) is 16.8 Å². The summed E-state index contributed by atoms with van der Waals surface area (Å²) in [5.74, 6) is -3.52. The van der Waals surface area contributed by atoms with Crippen molar-refractivity contribution in [3.05, 3.63) is 28.2 Å². The Hall–Kier alpha value is -3.11. The third kappa shape index (κ3) is 7.80. The number of phosphoric ester groups is 1. The lowest BCUT2D eigenvalue weighted by atomic mass is 10.1. The Balaban J connectivity index is 0.00000561. The number of guanidine groups is 1. The molecule has 0 bridgehead atoms. The van der Waals surface area contributed by atoms with Crippen LogP contribution in [0.25, 0.3) is 11.2 Å². The van der Waals surface area contributed by atoms with Crippen molar-refractivity contribution in [2.24, 2.45) is 10.7 Å². The van der Waals surface area contributed by atoms with Crippen LogP contribution in [0.5, 0.6) is 0 Å². The monoisotopic (exact) mass is 832 g/mol. The molecule has 2 fully saturated rings. The van der Waals surface area contributed by atoms with E-state index in [1.54, 1.807) is 0 Å². The molecule has 304 valence electrons. The molecule has 10 N–H and O–H groups in total. The molecule has 0 aromatic carbocycles. The number of nitrogens with two attached hydrogens (primary N) is 2. The van der Waals surface area contributed by atoms with Crippen molar-refractivity contribution in [2.45, 2.75) is 68.6 Å². The molecule has 0 aliphatic carbocycles. The number of anilines is 1. The number of nitrogen functional groups attached to an aromatic ring is 1. The van der Waals surface area contributed by atoms with Gasteiger partial charge in [-0.15, -0.1) is 0 Å². The van der Waals surface area contributed by atoms with Crippen molar-refractivity contribution in [1.29, 1.82) is 0 Å². The Kier molecular flexibility index (Phi) is 11.7. The van der Waals surface area contributed by atoms with Crippen LogP contribution in [0.4, 0.5) is 5.95 Å². The number of fused-ring (bicyclic) bond motifs is 1. The quantitative estimate of drug-likeness (QED) is 0.0921. The van der Waals surface area contributed by atoms with Gasteiger partial charge in [0, 0.05) is 20.4 Å². The van der Waals surface area contributed by atoms with Gasteiger partial charge in [-0.1, -0.05) is 7.43 Å². The highest BCUT2D eigenvalue weighted by Crippen LogP contribution is 2.64. The minimum Gasteiger partial charge on any atom is -0.830 e. The normalized spacial score (nSPS) is 33.7. The summed E-state index contributed by atoms with van der Waals surface area (Å²) in [5.41, 5.74) is 10.1. The van der Waals surface area contributed by atoms with Crippen molar-refractivity contribution < 1.29 is 81.3 Å². The summed E-state index contributed by atoms with van der Waals surface area (Å²) >= 11 is 0. The molecule has 4 aliphatic heterocycles. The van der Waals surface area contributed by atoms with Crippen molar-refractivity contribution in [1.82, 2.24) is 34.6 Å². The third-order valence-electron chi connectivity index (χ3n) is 8.36. The van der Waals surface area contributed by atoms with Gasteiger partial charge in [0.1, 0.15) is 48.3 Å². The summed E-state index contributed by atoms with van der Waals surface area (Å²) in [6, 6.07) is 0. The van der Waals surface area contributed by atoms with Crippen LogP contribution in [-0.2, 0) is 41.1 Å². The number of hydrogen-bond acceptors (Lipinski definition) is 26. The number of aliphatic hydroxyl groups excluding tert-OH is 4. The van der Waals surface area contributed by atoms with Gasteiger partial charge in [-0.05, 0) is 0 Å². The van der Waals surface area contributed by atoms with E-state index in [9.17, 15) is 58.7 Å². The van der Waals surface area contributed by atoms with Gasteiger partial charge in [-0.25, -0.2) is 9.29 Å². The predicted octanol–water partition coefficient (Wildman–Crippen LogP) is -7.11. The van der Waals surface area contributed by atoms with Gasteiger partial charge in [0.05, 0.1) is 25.3 Å². The van der Waals surface area contributed by atoms with Crippen molar-refractivity contribution in [3.63, 3.8) is 0 Å². The van der Waals surface area contributed by atoms with Crippen LogP contribution in [0.2, 0.25) is 0 Å². The fourth-order valence-electron chi connectivity index (χ4n) is 6.06. The molecule has 6 rings (SSSR count). The smallest absolute Gasteiger partial charge is 0.280 e. The van der Waals surface area contributed by atoms with E-state index >= 15 is 0 Å². The van der Waals surface area contributed by atoms with Crippen molar-refractivity contribution in [3.8, 4) is 0 Å². The van der Waals surface area contributed by atoms with Crippen LogP contribution in [-0.4, -0.2) is 138 Å². The zero-order chi connectivity index (χ0) is 38.9. The van der Waals surface area contributed by atoms with E-state index < -0.39 is 96.6 Å². The fourth-order valence-corrected chi connectivity index (χ4v) is 10.0. The second-order valence-electron chi connectivity index (χ2n) is 11.8. The van der Waals surface area contributed by atoms with Gasteiger partial charge in [0.2, 0.25) is 5.95 Å². The average molecular weight is 833 g/mol. The highest BCUT2D eigenvalue weighted by Gasteiger charge is 2.54. The summed E-state index contributed by atoms with van der Waals surface area (Å²) < 4.78 is 67.2. The molecule has 7 unspecified atom stereocenters. The van der Waals surface area contributed by atoms with E-state index in [-0.39, 0.29) is 48.7 Å². The molecule has 28 nitrogen and oxygen atoms in total. The maximum atomic E-state index is 12.9. The van der Waals surface area contributed by atoms with Crippen LogP contribution in [0.15, 0.2) is 27.6 Å². The summed E-state index contributed by atoms with van der Waals surface area (Å²) in [6.45, 7) is -1.35. The molecular formula is C23H35N10O18P3-4. The first kappa shape index (κ1) is 42.0. The number of phosphoric acid groups is 2. The summed E-state index contributed by atoms with van der Waals surface area (Å²) in [4.78, 5) is 66.2. The lowest BCUT2D eigenvalue weighted by molar-refractivity contribution is -0.407. The molecule has 0 radical (unpaired) electrons. The molecule has 31 heteroatoms. The SMILES string of the molecule is C.COC1[C@H](C(O)P(=O)([O-])OP(=O)([O-])OP(=O)([O-])OC[C@H]2O[C@@H](n3cnc4c(=O)[nH]c(N)nc43)C(O)[C@H]2O)O[C@H](N2CN(C)C3=C2NC(N)=NC3[O-])[C@@H]1O. The maximum absolute atomic E-state index is 12.9. The van der Waals surface area contributed by atoms with E-state index in [4.69, 9.17) is 25.7 Å². The second-order valence-corrected chi connectivity index (χ2v) is 16.8. The predicted molar refractivity (Wildman–Crippen MR) is 168 cm³/mol. The van der Waals surface area contributed by atoms with E-state index in [0.29, 0.717) is 0 Å². The number of aromatic amines is 1. The number of methoxy groups -OCH3 is 1. The second kappa shape index (κ2) is 15.1. The minimum absolute atomic E-state index is 0. The molecule has 2 aromatic rings. The molecule has 0 spiro atoms. The number of imidazole rings is 1. The Morgan fingerprint density at radius 2 is 1.76 bits per heavy atom. The first-order valence-corrected chi connectivity index (χ1v) is 19.4. The van der Waals surface area contributed by atoms with Crippen molar-refractivity contribution >= 4 is 46.3 Å². The van der Waals surface area contributed by atoms with Gasteiger partial charge >= 0.3 is 0 Å². The molecule has 2 aromatic heterocycles. The molecule has 4 aliphatic rings. The molecular weight excluding hydrogens is 797 g/mol. The topological polar surface area (TPSA) is 426 Å². The zero-order valence-electron chi connectivity index (χ0n) is 26.9. The van der Waals surface area contributed by atoms with Gasteiger partial charge in [-0.2, -0.15) is 4.98 Å². The number of ether oxygens (including phenoxy) is 3. The number of hydrogen-bond donors (Lipinski definition) is 8. The number of rotatable bonds is 12. The zero-order valence-corrected chi connectivity index (χ0v) is 29.6. The summed E-state index contributed by atoms with van der Waals surface area (Å²) in [5, 5.41) is 57.8. The number of aliphatic hydroxyl groups is 4. The Morgan fingerprint density at radius 1 is 1.07 bits per heavy atom. The Labute approximate surface area is 302 Å². The van der Waals surface area contributed by atoms with Crippen molar-refractivity contribution in [2.75, 3.05) is 33.2 Å². The highest BCUT2D eigenvalue weighted by atomic mass is 31.3. The minimum atomic E-state index is -6.49. The van der Waals surface area contributed by atoms with Crippen LogP contribution < -0.4 is 42.1 Å². The average Bonchev–Trinajstić information content (AvgIpc) is 3.77. The number of nitrogens with one attached hydrogen (secondary N) is 2. The van der Waals surface area contributed by atoms with E-state index in [0.717, 1.165) is 18.0 Å². The third-order valence-corrected chi connectivity index (χ3v) is 13.1. The molecule has 0 saturated carbocycles. The first-order valence-electron chi connectivity index (χ1n) is 14.9. The molecule has 54 heavy (non-hydrogen) atoms. The largest absolute Gasteiger partial charge is 0.830 e. The van der Waals surface area contributed by atoms with E-state index in [2.05, 4.69) is 38.4 Å². The van der Waals surface area contributed by atoms with Gasteiger partial charge < -0.3 is 90.1 Å². The number of aromatic nitrogens is 4. The molecule has 6 heterocycles. The summed E-state index contributed by atoms with van der Waals surface area (Å²) in [6.07, 6.45) is -14.7. The standard InChI is InChI=1S/C22H34N10O18P3.CH4/c1-30-5-32(15-8(30)17(37)29-22(24)27-15)19-11(35)12(45-2)13(48-19)20(38)51(39,40)49-53(43,44)50-52(41,42)46-3-6-9(33)10(34)18(47-6)31-4-25-7-14(31)26-21(23)28-16(7)36;/h4,6,9-13,17-20,33-35,38H,3,5H2,1-2H3,(H,39,40)(H,41,42)(H,43,44)(H3,24,27,29)(H3,23,26,28,36);1H4/q-1;/p-3/t6-,9+,10?,11-,12?,13-,17?,18-,19+,20?;/m1./s1. The van der Waals surface area contributed by atoms with E-state index in [1.807, 2.05) is 0 Å². The first-order chi connectivity index (χ1) is 24.6. The highest BCUT2D eigenvalue weighted by molar-refractivity contribution is 7.67. The maximum Gasteiger partial charge on any atom is 0.280 e. The van der Waals surface area contributed by atoms with Gasteiger partial charge in [-0.3, -0.25) is 32.8 Å². The van der Waals surface area contributed by atoms with Crippen LogP contribution in [0.1, 0.15) is 13.7 Å². The lowest BCUT2D eigenvalue weighted by Crippen LogP contribution is -2.49. The Morgan fingerprint density at radius 3 is 2.43 bits per heavy atom. The number of likely N-dealkylation sites (N-methyl/N-ethyl adjacent to an activating group) is 1. The van der Waals surface area contributed by atoms with Gasteiger partial charge in [0.15, 0.2) is 37.2 Å². The molecule has 13 atom stereocenters. The number of H-pyrrole nitrogens is 1. The number of aliphatic imine (C=N–C) groups is 1. The lowest BCUT2D eigenvalue weighted by Gasteiger charge is -2.38. The summed E-state index contributed by atoms with van der Waals surface area (Å²) in [7, 11) is -16.3. The Bertz CT molecular complexity index is 2020. The van der Waals surface area contributed by atoms with Crippen LogP contribution >= 0.6 is 23.2 Å². The fraction of sp³-hybridized carbons (Fsp3) is 0.652. The van der Waals surface area contributed by atoms with Crippen LogP contribution in [0.3, 0.4) is 0 Å². The molecule has 2 saturated heterocycles. The van der Waals surface area contributed by atoms with Gasteiger partial charge in [0.25, 0.3) is 21.2 Å². The molecule has 0 amide bonds.